The number of thioether (sulfide) groups is 1. The molecular formula is C11H14ClNS. The zero-order chi connectivity index (χ0) is 9.97. The van der Waals surface area contributed by atoms with Gasteiger partial charge in [0, 0.05) is 11.1 Å². The number of nitrogens with one attached hydrogen (secondary N) is 1. The normalized spacial score (nSPS) is 27.6. The van der Waals surface area contributed by atoms with Crippen LogP contribution >= 0.6 is 23.4 Å². The summed E-state index contributed by atoms with van der Waals surface area (Å²) in [4.78, 5) is 0. The lowest BCUT2D eigenvalue weighted by atomic mass is 10.2. The second-order valence-corrected chi connectivity index (χ2v) is 5.31. The lowest BCUT2D eigenvalue weighted by molar-refractivity contribution is 0.512. The summed E-state index contributed by atoms with van der Waals surface area (Å²) >= 11 is 7.92. The van der Waals surface area contributed by atoms with Gasteiger partial charge in [-0.25, -0.2) is 0 Å². The van der Waals surface area contributed by atoms with E-state index in [0.29, 0.717) is 11.4 Å². The molecular weight excluding hydrogens is 214 g/mol. The Kier molecular flexibility index (Phi) is 3.37. The van der Waals surface area contributed by atoms with E-state index in [9.17, 15) is 0 Å². The predicted molar refractivity (Wildman–Crippen MR) is 63.9 cm³/mol. The van der Waals surface area contributed by atoms with Crippen LogP contribution in [0.2, 0.25) is 5.02 Å². The Morgan fingerprint density at radius 1 is 1.50 bits per heavy atom. The van der Waals surface area contributed by atoms with E-state index in [1.165, 1.54) is 17.7 Å². The lowest BCUT2D eigenvalue weighted by Gasteiger charge is -2.28. The van der Waals surface area contributed by atoms with Crippen molar-refractivity contribution in [2.75, 3.05) is 5.75 Å². The Hall–Kier alpha value is -0.180. The highest BCUT2D eigenvalue weighted by molar-refractivity contribution is 7.99. The second kappa shape index (κ2) is 4.56. The van der Waals surface area contributed by atoms with Gasteiger partial charge < -0.3 is 0 Å². The molecule has 3 heteroatoms. The largest absolute Gasteiger partial charge is 0.299 e. The molecule has 1 N–H and O–H groups in total. The maximum atomic E-state index is 5.96. The van der Waals surface area contributed by atoms with Crippen LogP contribution in [0, 0.1) is 0 Å². The molecule has 14 heavy (non-hydrogen) atoms. The molecule has 0 aromatic heterocycles. The zero-order valence-corrected chi connectivity index (χ0v) is 9.74. The van der Waals surface area contributed by atoms with E-state index in [1.807, 2.05) is 30.0 Å². The van der Waals surface area contributed by atoms with Crippen LogP contribution in [0.5, 0.6) is 0 Å². The van der Waals surface area contributed by atoms with Gasteiger partial charge >= 0.3 is 0 Å². The van der Waals surface area contributed by atoms with Crippen LogP contribution in [0.1, 0.15) is 24.3 Å². The van der Waals surface area contributed by atoms with Crippen molar-refractivity contribution in [3.05, 3.63) is 34.9 Å². The highest BCUT2D eigenvalue weighted by Gasteiger charge is 2.19. The van der Waals surface area contributed by atoms with E-state index in [-0.39, 0.29) is 0 Å². The minimum atomic E-state index is 0.414. The summed E-state index contributed by atoms with van der Waals surface area (Å²) < 4.78 is 0. The maximum absolute atomic E-state index is 5.96. The summed E-state index contributed by atoms with van der Waals surface area (Å²) in [5.41, 5.74) is 1.29. The number of rotatable bonds is 1. The fraction of sp³-hybridized carbons (Fsp3) is 0.455. The maximum Gasteiger partial charge on any atom is 0.0791 e. The van der Waals surface area contributed by atoms with E-state index in [0.717, 1.165) is 5.02 Å². The molecule has 0 radical (unpaired) electrons. The smallest absolute Gasteiger partial charge is 0.0791 e. The molecule has 0 amide bonds. The molecule has 1 fully saturated rings. The van der Waals surface area contributed by atoms with Crippen LogP contribution in [-0.2, 0) is 0 Å². The Balaban J connectivity index is 2.14. The van der Waals surface area contributed by atoms with Crippen molar-refractivity contribution < 1.29 is 0 Å². The quantitative estimate of drug-likeness (QED) is 0.789. The first-order valence-electron chi connectivity index (χ1n) is 4.89. The van der Waals surface area contributed by atoms with Crippen molar-refractivity contribution in [3.8, 4) is 0 Å². The standard InChI is InChI=1S/C11H14ClNS/c1-8-5-6-14-11(13-8)9-3-2-4-10(12)7-9/h2-4,7-8,11,13H,5-6H2,1H3. The predicted octanol–water partition coefficient (Wildman–Crippen LogP) is 3.45. The number of halogens is 1. The Morgan fingerprint density at radius 3 is 3.07 bits per heavy atom. The Bertz CT molecular complexity index is 316. The molecule has 1 aromatic carbocycles. The van der Waals surface area contributed by atoms with E-state index >= 15 is 0 Å². The molecule has 0 bridgehead atoms. The van der Waals surface area contributed by atoms with Crippen LogP contribution in [-0.4, -0.2) is 11.8 Å². The van der Waals surface area contributed by atoms with E-state index in [4.69, 9.17) is 11.6 Å². The molecule has 0 spiro atoms. The summed E-state index contributed by atoms with van der Waals surface area (Å²) in [6, 6.07) is 8.72. The number of hydrogen-bond acceptors (Lipinski definition) is 2. The first-order valence-corrected chi connectivity index (χ1v) is 6.31. The lowest BCUT2D eigenvalue weighted by Crippen LogP contribution is -2.33. The van der Waals surface area contributed by atoms with E-state index in [1.54, 1.807) is 0 Å². The molecule has 1 nitrogen and oxygen atoms in total. The molecule has 76 valence electrons. The molecule has 1 heterocycles. The first kappa shape index (κ1) is 10.3. The minimum absolute atomic E-state index is 0.414. The third-order valence-electron chi connectivity index (χ3n) is 2.42. The summed E-state index contributed by atoms with van der Waals surface area (Å²) in [6.45, 7) is 2.23. The van der Waals surface area contributed by atoms with Crippen molar-refractivity contribution in [1.82, 2.24) is 5.32 Å². The van der Waals surface area contributed by atoms with Crippen molar-refractivity contribution in [2.45, 2.75) is 24.8 Å². The minimum Gasteiger partial charge on any atom is -0.299 e. The first-order chi connectivity index (χ1) is 6.75. The SMILES string of the molecule is CC1CCSC(c2cccc(Cl)c2)N1. The summed E-state index contributed by atoms with van der Waals surface area (Å²) in [7, 11) is 0. The molecule has 0 saturated carbocycles. The number of benzene rings is 1. The van der Waals surface area contributed by atoms with Gasteiger partial charge in [0.2, 0.25) is 0 Å². The third kappa shape index (κ3) is 2.44. The van der Waals surface area contributed by atoms with E-state index < -0.39 is 0 Å². The average Bonchev–Trinajstić information content (AvgIpc) is 2.18. The molecule has 1 aromatic rings. The van der Waals surface area contributed by atoms with Gasteiger partial charge in [-0.15, -0.1) is 11.8 Å². The average molecular weight is 228 g/mol. The highest BCUT2D eigenvalue weighted by Crippen LogP contribution is 2.32. The van der Waals surface area contributed by atoms with E-state index in [2.05, 4.69) is 18.3 Å². The van der Waals surface area contributed by atoms with Crippen molar-refractivity contribution in [2.24, 2.45) is 0 Å². The number of hydrogen-bond donors (Lipinski definition) is 1. The molecule has 1 aliphatic heterocycles. The second-order valence-electron chi connectivity index (χ2n) is 3.66. The zero-order valence-electron chi connectivity index (χ0n) is 8.16. The Labute approximate surface area is 94.2 Å². The fourth-order valence-corrected chi connectivity index (χ4v) is 3.21. The van der Waals surface area contributed by atoms with Crippen molar-refractivity contribution in [1.29, 1.82) is 0 Å². The fourth-order valence-electron chi connectivity index (χ4n) is 1.61. The molecule has 2 unspecified atom stereocenters. The molecule has 1 saturated heterocycles. The summed E-state index contributed by atoms with van der Waals surface area (Å²) in [5.74, 6) is 1.23. The monoisotopic (exact) mass is 227 g/mol. The van der Waals surface area contributed by atoms with Crippen LogP contribution < -0.4 is 5.32 Å². The van der Waals surface area contributed by atoms with Gasteiger partial charge in [0.05, 0.1) is 5.37 Å². The molecule has 0 aliphatic carbocycles. The topological polar surface area (TPSA) is 12.0 Å². The third-order valence-corrected chi connectivity index (χ3v) is 3.87. The summed E-state index contributed by atoms with van der Waals surface area (Å²) in [6.07, 6.45) is 1.25. The highest BCUT2D eigenvalue weighted by atomic mass is 35.5. The van der Waals surface area contributed by atoms with Gasteiger partial charge in [-0.2, -0.15) is 0 Å². The van der Waals surface area contributed by atoms with Crippen LogP contribution in [0.25, 0.3) is 0 Å². The van der Waals surface area contributed by atoms with Crippen molar-refractivity contribution in [3.63, 3.8) is 0 Å². The Morgan fingerprint density at radius 2 is 2.36 bits per heavy atom. The van der Waals surface area contributed by atoms with Gasteiger partial charge in [0.25, 0.3) is 0 Å². The van der Waals surface area contributed by atoms with Gasteiger partial charge in [-0.05, 0) is 36.8 Å². The van der Waals surface area contributed by atoms with Crippen LogP contribution in [0.4, 0.5) is 0 Å². The van der Waals surface area contributed by atoms with Crippen LogP contribution in [0.3, 0.4) is 0 Å². The van der Waals surface area contributed by atoms with Gasteiger partial charge in [-0.3, -0.25) is 5.32 Å². The van der Waals surface area contributed by atoms with Gasteiger partial charge in [-0.1, -0.05) is 23.7 Å². The molecule has 2 atom stereocenters. The molecule has 1 aliphatic rings. The van der Waals surface area contributed by atoms with Crippen molar-refractivity contribution >= 4 is 23.4 Å². The summed E-state index contributed by atoms with van der Waals surface area (Å²) in [5, 5.41) is 4.80. The van der Waals surface area contributed by atoms with Gasteiger partial charge in [0.1, 0.15) is 0 Å². The van der Waals surface area contributed by atoms with Crippen LogP contribution in [0.15, 0.2) is 24.3 Å². The van der Waals surface area contributed by atoms with Gasteiger partial charge in [0.15, 0.2) is 0 Å². The molecule has 2 rings (SSSR count).